The van der Waals surface area contributed by atoms with E-state index in [9.17, 15) is 9.90 Å². The highest BCUT2D eigenvalue weighted by Crippen LogP contribution is 2.30. The molecule has 1 unspecified atom stereocenters. The summed E-state index contributed by atoms with van der Waals surface area (Å²) in [6, 6.07) is 14.4. The van der Waals surface area contributed by atoms with E-state index in [2.05, 4.69) is 0 Å². The van der Waals surface area contributed by atoms with Crippen LogP contribution in [0.2, 0.25) is 0 Å². The van der Waals surface area contributed by atoms with Gasteiger partial charge < -0.3 is 5.11 Å². The summed E-state index contributed by atoms with van der Waals surface area (Å²) >= 11 is 0. The average molecular weight is 342 g/mol. The third-order valence-electron chi connectivity index (χ3n) is 4.62. The predicted octanol–water partition coefficient (Wildman–Crippen LogP) is 4.24. The zero-order valence-corrected chi connectivity index (χ0v) is 14.4. The van der Waals surface area contributed by atoms with Crippen LogP contribution >= 0.6 is 0 Å². The van der Waals surface area contributed by atoms with Crippen LogP contribution in [0.15, 0.2) is 60.7 Å². The number of Topliss-reactive ketones (excluding diaryl/α,β-unsaturated/α-hetero) is 1. The summed E-state index contributed by atoms with van der Waals surface area (Å²) < 4.78 is 42.8. The van der Waals surface area contributed by atoms with Crippen molar-refractivity contribution in [2.45, 2.75) is 50.2 Å². The molecular formula is C22H27NO2. The first-order valence-electron chi connectivity index (χ1n) is 11.1. The Kier molecular flexibility index (Phi) is 4.17. The van der Waals surface area contributed by atoms with E-state index in [1.54, 1.807) is 55.6 Å². The molecule has 1 saturated heterocycles. The Bertz CT molecular complexity index is 874. The number of ketones is 1. The lowest BCUT2D eigenvalue weighted by Gasteiger charge is -2.40. The van der Waals surface area contributed by atoms with Gasteiger partial charge in [0.2, 0.25) is 0 Å². The SMILES string of the molecule is [2H]C([2H])(C(=O)c1ccccc1)[C@H]1CCC[C@@H](C([2H])([2H])C([2H])(O)c2ccccc2)N1C. The molecule has 2 aromatic rings. The van der Waals surface area contributed by atoms with Crippen LogP contribution in [0.1, 0.15) is 60.9 Å². The zero-order valence-electron chi connectivity index (χ0n) is 19.4. The Morgan fingerprint density at radius 1 is 1.16 bits per heavy atom. The molecule has 3 nitrogen and oxygen atoms in total. The summed E-state index contributed by atoms with van der Waals surface area (Å²) in [6.45, 7) is 0. The third kappa shape index (κ3) is 4.56. The number of hydrogen-bond acceptors (Lipinski definition) is 3. The molecule has 25 heavy (non-hydrogen) atoms. The highest BCUT2D eigenvalue weighted by Gasteiger charge is 2.30. The molecule has 2 aromatic carbocycles. The maximum atomic E-state index is 12.9. The molecule has 132 valence electrons. The van der Waals surface area contributed by atoms with Gasteiger partial charge in [-0.3, -0.25) is 9.69 Å². The molecule has 3 rings (SSSR count). The standard InChI is InChI=1S/C22H27NO2/c1-23-19(15-21(24)17-9-4-2-5-10-17)13-8-14-20(23)16-22(25)18-11-6-3-7-12-18/h2-7,9-12,19-21,24H,8,13-16H2,1H3/t19-,20+,21?/m0/s1/i15D2,16D2,21D. The van der Waals surface area contributed by atoms with Crippen molar-refractivity contribution in [1.29, 1.82) is 0 Å². The van der Waals surface area contributed by atoms with Crippen LogP contribution < -0.4 is 0 Å². The number of nitrogens with zero attached hydrogens (tertiary/aromatic N) is 1. The number of benzene rings is 2. The Morgan fingerprint density at radius 2 is 1.76 bits per heavy atom. The molecule has 0 bridgehead atoms. The lowest BCUT2D eigenvalue weighted by atomic mass is 9.88. The summed E-state index contributed by atoms with van der Waals surface area (Å²) in [5, 5.41) is 10.9. The molecule has 0 aromatic heterocycles. The molecule has 0 amide bonds. The van der Waals surface area contributed by atoms with Gasteiger partial charge in [0.25, 0.3) is 0 Å². The van der Waals surface area contributed by atoms with Crippen LogP contribution in [0.25, 0.3) is 0 Å². The number of piperidine rings is 1. The second-order valence-electron chi connectivity index (χ2n) is 6.33. The summed E-state index contributed by atoms with van der Waals surface area (Å²) in [5.41, 5.74) is 0.399. The van der Waals surface area contributed by atoms with Crippen molar-refractivity contribution in [2.24, 2.45) is 0 Å². The highest BCUT2D eigenvalue weighted by atomic mass is 16.3. The van der Waals surface area contributed by atoms with E-state index in [4.69, 9.17) is 6.85 Å². The molecular weight excluding hydrogens is 310 g/mol. The number of aliphatic hydroxyl groups is 1. The van der Waals surface area contributed by atoms with Crippen molar-refractivity contribution >= 4 is 5.78 Å². The minimum atomic E-state index is -2.52. The minimum absolute atomic E-state index is 0.133. The fourth-order valence-electron chi connectivity index (χ4n) is 3.14. The molecule has 3 atom stereocenters. The molecule has 1 aliphatic rings. The van der Waals surface area contributed by atoms with Crippen molar-refractivity contribution in [3.63, 3.8) is 0 Å². The first kappa shape index (κ1) is 12.4. The van der Waals surface area contributed by atoms with E-state index >= 15 is 0 Å². The Hall–Kier alpha value is -1.97. The number of carbonyl (C=O) groups is 1. The van der Waals surface area contributed by atoms with Crippen LogP contribution in [0.3, 0.4) is 0 Å². The van der Waals surface area contributed by atoms with Gasteiger partial charge in [-0.05, 0) is 31.8 Å². The van der Waals surface area contributed by atoms with Crippen molar-refractivity contribution in [3.05, 3.63) is 71.8 Å². The van der Waals surface area contributed by atoms with Crippen LogP contribution in [-0.4, -0.2) is 34.9 Å². The van der Waals surface area contributed by atoms with Crippen molar-refractivity contribution < 1.29 is 16.8 Å². The molecule has 1 aliphatic heterocycles. The van der Waals surface area contributed by atoms with E-state index in [1.165, 1.54) is 17.0 Å². The topological polar surface area (TPSA) is 40.5 Å². The first-order valence-corrected chi connectivity index (χ1v) is 8.61. The van der Waals surface area contributed by atoms with Crippen LogP contribution in [0, 0.1) is 0 Å². The number of carbonyl (C=O) groups excluding carboxylic acids is 1. The average Bonchev–Trinajstić information content (AvgIpc) is 2.74. The summed E-state index contributed by atoms with van der Waals surface area (Å²) in [4.78, 5) is 14.4. The molecule has 1 fully saturated rings. The molecule has 1 heterocycles. The Morgan fingerprint density at radius 3 is 2.44 bits per heavy atom. The second kappa shape index (κ2) is 8.41. The van der Waals surface area contributed by atoms with Crippen molar-refractivity contribution in [3.8, 4) is 0 Å². The summed E-state index contributed by atoms with van der Waals surface area (Å²) in [6.07, 6.45) is -5.93. The van der Waals surface area contributed by atoms with Gasteiger partial charge in [-0.1, -0.05) is 67.1 Å². The first-order chi connectivity index (χ1) is 14.0. The lowest BCUT2D eigenvalue weighted by Crippen LogP contribution is -2.45. The van der Waals surface area contributed by atoms with Gasteiger partial charge in [0.15, 0.2) is 5.78 Å². The van der Waals surface area contributed by atoms with E-state index < -0.39 is 36.7 Å². The Balaban J connectivity index is 1.90. The van der Waals surface area contributed by atoms with Crippen molar-refractivity contribution in [2.75, 3.05) is 7.05 Å². The fourth-order valence-corrected chi connectivity index (χ4v) is 3.14. The second-order valence-corrected chi connectivity index (χ2v) is 6.33. The lowest BCUT2D eigenvalue weighted by molar-refractivity contribution is 0.0549. The van der Waals surface area contributed by atoms with Crippen LogP contribution in [-0.2, 0) is 0 Å². The highest BCUT2D eigenvalue weighted by molar-refractivity contribution is 5.96. The van der Waals surface area contributed by atoms with E-state index in [-0.39, 0.29) is 11.1 Å². The van der Waals surface area contributed by atoms with Crippen LogP contribution in [0.4, 0.5) is 0 Å². The monoisotopic (exact) mass is 342 g/mol. The quantitative estimate of drug-likeness (QED) is 0.799. The smallest absolute Gasteiger partial charge is 0.164 e. The molecule has 3 heteroatoms. The predicted molar refractivity (Wildman–Crippen MR) is 101 cm³/mol. The summed E-state index contributed by atoms with van der Waals surface area (Å²) in [7, 11) is 1.57. The van der Waals surface area contributed by atoms with Gasteiger partial charge in [-0.15, -0.1) is 0 Å². The summed E-state index contributed by atoms with van der Waals surface area (Å²) in [5.74, 6) is -0.648. The minimum Gasteiger partial charge on any atom is -0.388 e. The van der Waals surface area contributed by atoms with Gasteiger partial charge in [-0.25, -0.2) is 0 Å². The fraction of sp³-hybridized carbons (Fsp3) is 0.409. The normalized spacial score (nSPS) is 27.8. The van der Waals surface area contributed by atoms with Gasteiger partial charge >= 0.3 is 0 Å². The van der Waals surface area contributed by atoms with E-state index in [0.29, 0.717) is 19.3 Å². The zero-order chi connectivity index (χ0) is 22.2. The maximum absolute atomic E-state index is 12.9. The van der Waals surface area contributed by atoms with Crippen molar-refractivity contribution in [1.82, 2.24) is 4.90 Å². The molecule has 1 N–H and O–H groups in total. The van der Waals surface area contributed by atoms with Crippen LogP contribution in [0.5, 0.6) is 0 Å². The number of likely N-dealkylation sites (tertiary alicyclic amines) is 1. The number of hydrogen-bond donors (Lipinski definition) is 1. The van der Waals surface area contributed by atoms with Gasteiger partial charge in [0.1, 0.15) is 0 Å². The van der Waals surface area contributed by atoms with E-state index in [0.717, 1.165) is 0 Å². The molecule has 0 aliphatic carbocycles. The molecule has 0 radical (unpaired) electrons. The third-order valence-corrected chi connectivity index (χ3v) is 4.62. The molecule has 0 saturated carbocycles. The molecule has 0 spiro atoms. The van der Waals surface area contributed by atoms with Gasteiger partial charge in [0, 0.05) is 29.5 Å². The largest absolute Gasteiger partial charge is 0.388 e. The maximum Gasteiger partial charge on any atom is 0.164 e. The number of rotatable bonds is 6. The van der Waals surface area contributed by atoms with Gasteiger partial charge in [-0.2, -0.15) is 0 Å². The Labute approximate surface area is 157 Å². The van der Waals surface area contributed by atoms with Gasteiger partial charge in [0.05, 0.1) is 7.45 Å². The van der Waals surface area contributed by atoms with E-state index in [1.807, 2.05) is 0 Å².